The van der Waals surface area contributed by atoms with E-state index in [-0.39, 0.29) is 5.91 Å². The molecule has 4 heteroatoms. The topological polar surface area (TPSA) is 47.6 Å². The molecule has 0 unspecified atom stereocenters. The van der Waals surface area contributed by atoms with E-state index in [2.05, 4.69) is 5.32 Å². The summed E-state index contributed by atoms with van der Waals surface area (Å²) in [5.41, 5.74) is 0.721. The summed E-state index contributed by atoms with van der Waals surface area (Å²) in [4.78, 5) is 12.6. The van der Waals surface area contributed by atoms with Gasteiger partial charge in [-0.2, -0.15) is 0 Å². The lowest BCUT2D eigenvalue weighted by Gasteiger charge is -2.18. The van der Waals surface area contributed by atoms with Crippen molar-refractivity contribution in [2.45, 2.75) is 26.4 Å². The first kappa shape index (κ1) is 17.8. The lowest BCUT2D eigenvalue weighted by molar-refractivity contribution is -0.122. The number of nitrogens with one attached hydrogen (secondary N) is 1. The van der Waals surface area contributed by atoms with E-state index in [1.165, 1.54) is 0 Å². The third-order valence-corrected chi connectivity index (χ3v) is 4.11. The van der Waals surface area contributed by atoms with Gasteiger partial charge in [0.1, 0.15) is 11.5 Å². The molecule has 0 saturated heterocycles. The van der Waals surface area contributed by atoms with Gasteiger partial charge in [0.05, 0.1) is 6.61 Å². The molecule has 0 radical (unpaired) electrons. The average molecular weight is 349 g/mol. The number of carbonyl (C=O) groups is 1. The van der Waals surface area contributed by atoms with E-state index >= 15 is 0 Å². The van der Waals surface area contributed by atoms with Crippen molar-refractivity contribution < 1.29 is 14.3 Å². The molecular formula is C22H23NO3. The smallest absolute Gasteiger partial charge is 0.265 e. The molecule has 0 fully saturated rings. The van der Waals surface area contributed by atoms with Crippen molar-refractivity contribution in [3.05, 3.63) is 66.7 Å². The van der Waals surface area contributed by atoms with Crippen LogP contribution in [0.15, 0.2) is 66.7 Å². The van der Waals surface area contributed by atoms with Gasteiger partial charge in [-0.05, 0) is 49.1 Å². The van der Waals surface area contributed by atoms with Gasteiger partial charge in [0.15, 0.2) is 6.10 Å². The predicted octanol–water partition coefficient (Wildman–Crippen LogP) is 5.03. The highest BCUT2D eigenvalue weighted by atomic mass is 16.5. The van der Waals surface area contributed by atoms with Crippen molar-refractivity contribution in [1.82, 2.24) is 0 Å². The molecule has 3 aromatic carbocycles. The number of hydrogen-bond acceptors (Lipinski definition) is 3. The number of benzene rings is 3. The standard InChI is InChI=1S/C22H23NO3/c1-3-20(22(24)23-17-12-14-18(15-13-17)25-4-2)26-21-11-7-9-16-8-5-6-10-19(16)21/h5-15,20H,3-4H2,1-2H3,(H,23,24)/t20-/m1/s1. The molecule has 1 N–H and O–H groups in total. The maximum atomic E-state index is 12.6. The molecule has 26 heavy (non-hydrogen) atoms. The van der Waals surface area contributed by atoms with Crippen LogP contribution in [0.2, 0.25) is 0 Å². The van der Waals surface area contributed by atoms with E-state index in [4.69, 9.17) is 9.47 Å². The Labute approximate surface area is 153 Å². The second-order valence-corrected chi connectivity index (χ2v) is 5.94. The summed E-state index contributed by atoms with van der Waals surface area (Å²) < 4.78 is 11.5. The first-order valence-corrected chi connectivity index (χ1v) is 8.89. The summed E-state index contributed by atoms with van der Waals surface area (Å²) in [6.07, 6.45) is 0.0129. The Morgan fingerprint density at radius 1 is 0.962 bits per heavy atom. The van der Waals surface area contributed by atoms with Crippen LogP contribution in [0.4, 0.5) is 5.69 Å². The summed E-state index contributed by atoms with van der Waals surface area (Å²) in [6, 6.07) is 21.2. The first-order chi connectivity index (χ1) is 12.7. The van der Waals surface area contributed by atoms with Gasteiger partial charge in [0.25, 0.3) is 5.91 Å². The van der Waals surface area contributed by atoms with Crippen LogP contribution in [0.5, 0.6) is 11.5 Å². The molecule has 3 aromatic rings. The number of anilines is 1. The fourth-order valence-electron chi connectivity index (χ4n) is 2.80. The maximum absolute atomic E-state index is 12.6. The van der Waals surface area contributed by atoms with Gasteiger partial charge in [-0.25, -0.2) is 0 Å². The lowest BCUT2D eigenvalue weighted by Crippen LogP contribution is -2.32. The van der Waals surface area contributed by atoms with Gasteiger partial charge in [0.2, 0.25) is 0 Å². The van der Waals surface area contributed by atoms with E-state index in [0.29, 0.717) is 13.0 Å². The summed E-state index contributed by atoms with van der Waals surface area (Å²) in [5.74, 6) is 1.34. The van der Waals surface area contributed by atoms with E-state index in [9.17, 15) is 4.79 Å². The van der Waals surface area contributed by atoms with Crippen molar-refractivity contribution in [2.24, 2.45) is 0 Å². The quantitative estimate of drug-likeness (QED) is 0.650. The summed E-state index contributed by atoms with van der Waals surface area (Å²) in [5, 5.41) is 5.00. The van der Waals surface area contributed by atoms with Crippen molar-refractivity contribution in [1.29, 1.82) is 0 Å². The van der Waals surface area contributed by atoms with E-state index in [1.807, 2.05) is 80.6 Å². The molecule has 1 amide bonds. The first-order valence-electron chi connectivity index (χ1n) is 8.89. The number of rotatable bonds is 7. The highest BCUT2D eigenvalue weighted by molar-refractivity contribution is 5.95. The van der Waals surface area contributed by atoms with Crippen LogP contribution in [0.25, 0.3) is 10.8 Å². The van der Waals surface area contributed by atoms with Gasteiger partial charge in [-0.15, -0.1) is 0 Å². The zero-order valence-corrected chi connectivity index (χ0v) is 15.1. The molecule has 0 saturated carbocycles. The minimum Gasteiger partial charge on any atom is -0.494 e. The Balaban J connectivity index is 1.72. The SMILES string of the molecule is CCOc1ccc(NC(=O)[C@@H](CC)Oc2cccc3ccccc23)cc1. The van der Waals surface area contributed by atoms with Gasteiger partial charge in [-0.1, -0.05) is 43.3 Å². The Kier molecular flexibility index (Phi) is 5.74. The van der Waals surface area contributed by atoms with Crippen LogP contribution in [0.3, 0.4) is 0 Å². The fourth-order valence-corrected chi connectivity index (χ4v) is 2.80. The van der Waals surface area contributed by atoms with Crippen molar-refractivity contribution >= 4 is 22.4 Å². The van der Waals surface area contributed by atoms with Crippen LogP contribution in [-0.2, 0) is 4.79 Å². The van der Waals surface area contributed by atoms with Crippen LogP contribution in [0, 0.1) is 0 Å². The molecule has 3 rings (SSSR count). The second-order valence-electron chi connectivity index (χ2n) is 5.94. The number of ether oxygens (including phenoxy) is 2. The fraction of sp³-hybridized carbons (Fsp3) is 0.227. The molecule has 4 nitrogen and oxygen atoms in total. The summed E-state index contributed by atoms with van der Waals surface area (Å²) >= 11 is 0. The molecule has 0 aliphatic heterocycles. The monoisotopic (exact) mass is 349 g/mol. The van der Waals surface area contributed by atoms with Crippen molar-refractivity contribution in [3.63, 3.8) is 0 Å². The number of hydrogen-bond donors (Lipinski definition) is 1. The molecule has 0 bridgehead atoms. The largest absolute Gasteiger partial charge is 0.494 e. The minimum absolute atomic E-state index is 0.162. The van der Waals surface area contributed by atoms with Gasteiger partial charge >= 0.3 is 0 Å². The molecule has 0 spiro atoms. The van der Waals surface area contributed by atoms with Crippen molar-refractivity contribution in [3.8, 4) is 11.5 Å². The average Bonchev–Trinajstić information content (AvgIpc) is 2.68. The Morgan fingerprint density at radius 3 is 2.42 bits per heavy atom. The van der Waals surface area contributed by atoms with Gasteiger partial charge in [0, 0.05) is 11.1 Å². The van der Waals surface area contributed by atoms with Crippen LogP contribution in [-0.4, -0.2) is 18.6 Å². The molecule has 134 valence electrons. The summed E-state index contributed by atoms with van der Waals surface area (Å²) in [6.45, 7) is 4.49. The van der Waals surface area contributed by atoms with Crippen molar-refractivity contribution in [2.75, 3.05) is 11.9 Å². The molecule has 0 aromatic heterocycles. The molecule has 0 aliphatic carbocycles. The van der Waals surface area contributed by atoms with Gasteiger partial charge in [-0.3, -0.25) is 4.79 Å². The van der Waals surface area contributed by atoms with E-state index in [0.717, 1.165) is 28.0 Å². The summed E-state index contributed by atoms with van der Waals surface area (Å²) in [7, 11) is 0. The Bertz CT molecular complexity index is 869. The zero-order chi connectivity index (χ0) is 18.4. The second kappa shape index (κ2) is 8.39. The van der Waals surface area contributed by atoms with Crippen LogP contribution < -0.4 is 14.8 Å². The van der Waals surface area contributed by atoms with Gasteiger partial charge < -0.3 is 14.8 Å². The van der Waals surface area contributed by atoms with E-state index < -0.39 is 6.10 Å². The van der Waals surface area contributed by atoms with Crippen LogP contribution >= 0.6 is 0 Å². The number of amides is 1. The Morgan fingerprint density at radius 2 is 1.69 bits per heavy atom. The molecule has 1 atom stereocenters. The Hall–Kier alpha value is -3.01. The molecule has 0 heterocycles. The predicted molar refractivity (Wildman–Crippen MR) is 105 cm³/mol. The molecule has 0 aliphatic rings. The molecular weight excluding hydrogens is 326 g/mol. The zero-order valence-electron chi connectivity index (χ0n) is 15.1. The normalized spacial score (nSPS) is 11.8. The maximum Gasteiger partial charge on any atom is 0.265 e. The van der Waals surface area contributed by atoms with E-state index in [1.54, 1.807) is 0 Å². The third kappa shape index (κ3) is 4.14. The number of fused-ring (bicyclic) bond motifs is 1. The minimum atomic E-state index is -0.563. The lowest BCUT2D eigenvalue weighted by atomic mass is 10.1. The third-order valence-electron chi connectivity index (χ3n) is 4.11. The number of carbonyl (C=O) groups excluding carboxylic acids is 1. The highest BCUT2D eigenvalue weighted by Crippen LogP contribution is 2.27. The highest BCUT2D eigenvalue weighted by Gasteiger charge is 2.19. The van der Waals surface area contributed by atoms with Crippen LogP contribution in [0.1, 0.15) is 20.3 Å².